The van der Waals surface area contributed by atoms with Crippen molar-refractivity contribution in [1.82, 2.24) is 0 Å². The quantitative estimate of drug-likeness (QED) is 0.618. The molecule has 1 radical (unpaired) electrons. The molecule has 0 heterocycles. The Hall–Kier alpha value is -1.06. The first-order valence-corrected chi connectivity index (χ1v) is 5.91. The van der Waals surface area contributed by atoms with Gasteiger partial charge in [-0.15, -0.1) is 0 Å². The Morgan fingerprint density at radius 1 is 0.722 bits per heavy atom. The van der Waals surface area contributed by atoms with E-state index >= 15 is 0 Å². The lowest BCUT2D eigenvalue weighted by molar-refractivity contribution is 0.325. The second-order valence-electron chi connectivity index (χ2n) is 4.47. The van der Waals surface area contributed by atoms with Gasteiger partial charge in [0.2, 0.25) is 0 Å². The summed E-state index contributed by atoms with van der Waals surface area (Å²) >= 11 is 0. The average molecular weight is 261 g/mol. The highest BCUT2D eigenvalue weighted by Gasteiger charge is 2.23. The van der Waals surface area contributed by atoms with Crippen molar-refractivity contribution in [1.29, 1.82) is 0 Å². The molecule has 0 nitrogen and oxygen atoms in total. The SMILES string of the molecule is CC(F)c1[c]c(C(C)F)c(C(C)F)cc1C(C)F. The molecule has 0 fully saturated rings. The van der Waals surface area contributed by atoms with Crippen LogP contribution in [0.2, 0.25) is 0 Å². The number of benzene rings is 1. The zero-order valence-electron chi connectivity index (χ0n) is 10.9. The molecular weight excluding hydrogens is 244 g/mol. The van der Waals surface area contributed by atoms with Crippen LogP contribution in [-0.2, 0) is 0 Å². The zero-order valence-corrected chi connectivity index (χ0v) is 10.9. The van der Waals surface area contributed by atoms with E-state index in [1.165, 1.54) is 33.8 Å². The van der Waals surface area contributed by atoms with Crippen molar-refractivity contribution in [3.63, 3.8) is 0 Å². The van der Waals surface area contributed by atoms with E-state index < -0.39 is 24.7 Å². The van der Waals surface area contributed by atoms with Crippen LogP contribution in [0.25, 0.3) is 0 Å². The Labute approximate surface area is 105 Å². The molecular formula is C14H17F4. The minimum atomic E-state index is -1.47. The second-order valence-corrected chi connectivity index (χ2v) is 4.47. The van der Waals surface area contributed by atoms with Gasteiger partial charge in [-0.05, 0) is 51.0 Å². The van der Waals surface area contributed by atoms with Gasteiger partial charge in [0.15, 0.2) is 0 Å². The van der Waals surface area contributed by atoms with Crippen molar-refractivity contribution < 1.29 is 17.6 Å². The lowest BCUT2D eigenvalue weighted by Gasteiger charge is -2.19. The first kappa shape index (κ1) is 15.0. The monoisotopic (exact) mass is 261 g/mol. The number of hydrogen-bond acceptors (Lipinski definition) is 0. The summed E-state index contributed by atoms with van der Waals surface area (Å²) < 4.78 is 53.7. The molecule has 18 heavy (non-hydrogen) atoms. The third-order valence-corrected chi connectivity index (χ3v) is 2.86. The van der Waals surface area contributed by atoms with E-state index in [1.807, 2.05) is 0 Å². The number of rotatable bonds is 4. The maximum absolute atomic E-state index is 13.4. The lowest BCUT2D eigenvalue weighted by Crippen LogP contribution is -2.05. The molecule has 0 aliphatic heterocycles. The summed E-state index contributed by atoms with van der Waals surface area (Å²) in [6.07, 6.45) is -5.84. The van der Waals surface area contributed by atoms with Crippen LogP contribution in [0, 0.1) is 6.07 Å². The standard InChI is InChI=1S/C14H17F4/c1-7(15)11-5-13(9(3)17)14(10(4)18)6-12(11)8(2)16/h5,7-10H,1-4H3. The molecule has 0 bridgehead atoms. The van der Waals surface area contributed by atoms with Gasteiger partial charge in [0, 0.05) is 11.1 Å². The fraction of sp³-hybridized carbons (Fsp3) is 0.571. The number of alkyl halides is 4. The molecule has 4 unspecified atom stereocenters. The maximum atomic E-state index is 13.4. The third kappa shape index (κ3) is 3.03. The van der Waals surface area contributed by atoms with Gasteiger partial charge in [-0.25, -0.2) is 17.6 Å². The van der Waals surface area contributed by atoms with Gasteiger partial charge in [0.25, 0.3) is 0 Å². The molecule has 1 aromatic carbocycles. The van der Waals surface area contributed by atoms with Crippen LogP contribution in [0.3, 0.4) is 0 Å². The molecule has 0 amide bonds. The minimum absolute atomic E-state index is 0.0334. The van der Waals surface area contributed by atoms with Crippen LogP contribution >= 0.6 is 0 Å². The third-order valence-electron chi connectivity index (χ3n) is 2.86. The molecule has 0 saturated carbocycles. The summed E-state index contributed by atoms with van der Waals surface area (Å²) in [5, 5.41) is 0. The lowest BCUT2D eigenvalue weighted by atomic mass is 9.91. The van der Waals surface area contributed by atoms with Crippen LogP contribution in [0.1, 0.15) is 74.6 Å². The molecule has 0 aromatic heterocycles. The van der Waals surface area contributed by atoms with Crippen LogP contribution in [0.15, 0.2) is 6.07 Å². The summed E-state index contributed by atoms with van der Waals surface area (Å²) in [7, 11) is 0. The molecule has 0 aliphatic carbocycles. The van der Waals surface area contributed by atoms with Crippen molar-refractivity contribution in [3.8, 4) is 0 Å². The molecule has 101 valence electrons. The maximum Gasteiger partial charge on any atom is 0.123 e. The summed E-state index contributed by atoms with van der Waals surface area (Å²) in [4.78, 5) is 0. The van der Waals surface area contributed by atoms with E-state index in [0.29, 0.717) is 0 Å². The number of halogens is 4. The molecule has 0 N–H and O–H groups in total. The Morgan fingerprint density at radius 2 is 1.06 bits per heavy atom. The van der Waals surface area contributed by atoms with Gasteiger partial charge in [0.1, 0.15) is 24.7 Å². The first-order valence-electron chi connectivity index (χ1n) is 5.91. The van der Waals surface area contributed by atoms with Gasteiger partial charge >= 0.3 is 0 Å². The predicted octanol–water partition coefficient (Wildman–Crippen LogP) is 5.61. The predicted molar refractivity (Wildman–Crippen MR) is 63.4 cm³/mol. The Morgan fingerprint density at radius 3 is 1.28 bits per heavy atom. The average Bonchev–Trinajstić information content (AvgIpc) is 2.26. The normalized spacial score (nSPS) is 18.2. The zero-order chi connectivity index (χ0) is 14.0. The smallest absolute Gasteiger partial charge is 0.123 e. The van der Waals surface area contributed by atoms with Gasteiger partial charge in [-0.2, -0.15) is 0 Å². The van der Waals surface area contributed by atoms with Gasteiger partial charge < -0.3 is 0 Å². The van der Waals surface area contributed by atoms with E-state index in [1.54, 1.807) is 0 Å². The largest absolute Gasteiger partial charge is 0.243 e. The molecule has 0 saturated heterocycles. The van der Waals surface area contributed by atoms with Gasteiger partial charge in [-0.1, -0.05) is 0 Å². The van der Waals surface area contributed by atoms with Crippen molar-refractivity contribution in [3.05, 3.63) is 34.4 Å². The Bertz CT molecular complexity index is 334. The molecule has 4 atom stereocenters. The van der Waals surface area contributed by atoms with Crippen LogP contribution in [0.4, 0.5) is 17.6 Å². The fourth-order valence-electron chi connectivity index (χ4n) is 1.93. The van der Waals surface area contributed by atoms with Crippen molar-refractivity contribution >= 4 is 0 Å². The summed E-state index contributed by atoms with van der Waals surface area (Å²) in [6.45, 7) is 4.92. The van der Waals surface area contributed by atoms with Crippen molar-refractivity contribution in [2.24, 2.45) is 0 Å². The molecule has 4 heteroatoms. The molecule has 0 aliphatic rings. The minimum Gasteiger partial charge on any atom is -0.243 e. The van der Waals surface area contributed by atoms with Crippen molar-refractivity contribution in [2.75, 3.05) is 0 Å². The molecule has 1 rings (SSSR count). The van der Waals surface area contributed by atoms with E-state index in [-0.39, 0.29) is 22.3 Å². The fourth-order valence-corrected chi connectivity index (χ4v) is 1.93. The molecule has 0 spiro atoms. The van der Waals surface area contributed by atoms with Crippen LogP contribution in [-0.4, -0.2) is 0 Å². The Kier molecular flexibility index (Phi) is 4.77. The molecule has 1 aromatic rings. The summed E-state index contributed by atoms with van der Waals surface area (Å²) in [5.41, 5.74) is 0.00519. The van der Waals surface area contributed by atoms with E-state index in [9.17, 15) is 17.6 Å². The summed E-state index contributed by atoms with van der Waals surface area (Å²) in [5.74, 6) is 0. The Balaban J connectivity index is 3.50. The van der Waals surface area contributed by atoms with Crippen LogP contribution < -0.4 is 0 Å². The first-order chi connectivity index (χ1) is 8.25. The highest BCUT2D eigenvalue weighted by Crippen LogP contribution is 2.36. The van der Waals surface area contributed by atoms with Crippen LogP contribution in [0.5, 0.6) is 0 Å². The second kappa shape index (κ2) is 5.72. The van der Waals surface area contributed by atoms with E-state index in [0.717, 1.165) is 0 Å². The number of hydrogen-bond donors (Lipinski definition) is 0. The van der Waals surface area contributed by atoms with Gasteiger partial charge in [-0.3, -0.25) is 0 Å². The van der Waals surface area contributed by atoms with Crippen molar-refractivity contribution in [2.45, 2.75) is 52.4 Å². The highest BCUT2D eigenvalue weighted by atomic mass is 19.1. The topological polar surface area (TPSA) is 0 Å². The van der Waals surface area contributed by atoms with E-state index in [2.05, 4.69) is 6.07 Å². The van der Waals surface area contributed by atoms with Gasteiger partial charge in [0.05, 0.1) is 0 Å². The summed E-state index contributed by atoms with van der Waals surface area (Å²) in [6, 6.07) is 3.72. The highest BCUT2D eigenvalue weighted by molar-refractivity contribution is 5.41. The van der Waals surface area contributed by atoms with E-state index in [4.69, 9.17) is 0 Å².